The van der Waals surface area contributed by atoms with Crippen LogP contribution in [0, 0.1) is 5.92 Å². The summed E-state index contributed by atoms with van der Waals surface area (Å²) in [6.45, 7) is 0.914. The summed E-state index contributed by atoms with van der Waals surface area (Å²) >= 11 is 0. The van der Waals surface area contributed by atoms with Crippen molar-refractivity contribution >= 4 is 32.7 Å². The van der Waals surface area contributed by atoms with Crippen LogP contribution in [0.3, 0.4) is 0 Å². The number of nitrogens with one attached hydrogen (secondary N) is 1. The third kappa shape index (κ3) is 2.92. The van der Waals surface area contributed by atoms with Crippen LogP contribution in [-0.2, 0) is 10.0 Å². The standard InChI is InChI=1S/C20H20N4O2S/c25-27(26,16-6-2-1-3-7-16)23-19-20(24-13-14-10-11-15(24)12-14)22-18-9-5-4-8-17(18)21-19/h1-9,14-15H,10-13H2,(H,21,23). The quantitative estimate of drug-likeness (QED) is 0.751. The minimum absolute atomic E-state index is 0.217. The first-order valence-corrected chi connectivity index (χ1v) is 10.7. The number of nitrogens with zero attached hydrogens (tertiary/aromatic N) is 3. The number of piperidine rings is 1. The normalized spacial score (nSPS) is 21.7. The number of para-hydroxylation sites is 2. The van der Waals surface area contributed by atoms with Crippen molar-refractivity contribution in [1.29, 1.82) is 0 Å². The number of aromatic nitrogens is 2. The van der Waals surface area contributed by atoms with Crippen molar-refractivity contribution in [1.82, 2.24) is 9.97 Å². The van der Waals surface area contributed by atoms with Gasteiger partial charge in [-0.3, -0.25) is 4.72 Å². The Morgan fingerprint density at radius 3 is 2.30 bits per heavy atom. The lowest BCUT2D eigenvalue weighted by Gasteiger charge is -2.29. The molecule has 1 aliphatic carbocycles. The number of sulfonamides is 1. The summed E-state index contributed by atoms with van der Waals surface area (Å²) in [6, 6.07) is 16.4. The highest BCUT2D eigenvalue weighted by Gasteiger charge is 2.40. The summed E-state index contributed by atoms with van der Waals surface area (Å²) in [6.07, 6.45) is 3.52. The van der Waals surface area contributed by atoms with E-state index in [0.29, 0.717) is 29.1 Å². The van der Waals surface area contributed by atoms with E-state index in [4.69, 9.17) is 4.98 Å². The summed E-state index contributed by atoms with van der Waals surface area (Å²) < 4.78 is 28.4. The lowest BCUT2D eigenvalue weighted by Crippen LogP contribution is -2.34. The molecule has 0 spiro atoms. The van der Waals surface area contributed by atoms with Gasteiger partial charge in [0.15, 0.2) is 11.6 Å². The third-order valence-electron chi connectivity index (χ3n) is 5.52. The molecule has 2 bridgehead atoms. The van der Waals surface area contributed by atoms with Crippen LogP contribution >= 0.6 is 0 Å². The number of rotatable bonds is 4. The van der Waals surface area contributed by atoms with Crippen LogP contribution in [0.25, 0.3) is 11.0 Å². The molecule has 5 rings (SSSR count). The lowest BCUT2D eigenvalue weighted by atomic mass is 10.1. The van der Waals surface area contributed by atoms with Crippen molar-refractivity contribution in [3.63, 3.8) is 0 Å². The van der Waals surface area contributed by atoms with Crippen molar-refractivity contribution in [2.45, 2.75) is 30.2 Å². The van der Waals surface area contributed by atoms with Crippen LogP contribution in [0.4, 0.5) is 11.6 Å². The summed E-state index contributed by atoms with van der Waals surface area (Å²) in [5.41, 5.74) is 1.45. The molecule has 27 heavy (non-hydrogen) atoms. The van der Waals surface area contributed by atoms with E-state index in [-0.39, 0.29) is 4.90 Å². The Balaban J connectivity index is 1.61. The first kappa shape index (κ1) is 16.5. The molecule has 1 aromatic heterocycles. The Hall–Kier alpha value is -2.67. The van der Waals surface area contributed by atoms with Crippen LogP contribution in [-0.4, -0.2) is 31.0 Å². The van der Waals surface area contributed by atoms with E-state index in [2.05, 4.69) is 14.6 Å². The molecule has 6 nitrogen and oxygen atoms in total. The molecule has 1 aliphatic heterocycles. The fraction of sp³-hybridized carbons (Fsp3) is 0.300. The molecule has 0 amide bonds. The Bertz CT molecular complexity index is 1100. The van der Waals surface area contributed by atoms with Crippen molar-refractivity contribution in [3.05, 3.63) is 54.6 Å². The van der Waals surface area contributed by atoms with Gasteiger partial charge in [-0.25, -0.2) is 18.4 Å². The van der Waals surface area contributed by atoms with Crippen LogP contribution in [0.1, 0.15) is 19.3 Å². The summed E-state index contributed by atoms with van der Waals surface area (Å²) in [7, 11) is -3.73. The highest BCUT2D eigenvalue weighted by molar-refractivity contribution is 7.92. The van der Waals surface area contributed by atoms with Crippen LogP contribution in [0.2, 0.25) is 0 Å². The Morgan fingerprint density at radius 2 is 1.63 bits per heavy atom. The molecule has 2 heterocycles. The zero-order chi connectivity index (χ0) is 18.4. The van der Waals surface area contributed by atoms with Crippen molar-refractivity contribution in [2.75, 3.05) is 16.2 Å². The van der Waals surface area contributed by atoms with E-state index >= 15 is 0 Å². The number of benzene rings is 2. The summed E-state index contributed by atoms with van der Waals surface area (Å²) in [4.78, 5) is 11.9. The van der Waals surface area contributed by atoms with Crippen molar-refractivity contribution in [3.8, 4) is 0 Å². The first-order valence-electron chi connectivity index (χ1n) is 9.21. The number of hydrogen-bond acceptors (Lipinski definition) is 5. The van der Waals surface area contributed by atoms with Gasteiger partial charge in [0.2, 0.25) is 0 Å². The van der Waals surface area contributed by atoms with E-state index in [0.717, 1.165) is 24.9 Å². The fourth-order valence-corrected chi connectivity index (χ4v) is 5.25. The Labute approximate surface area is 158 Å². The van der Waals surface area contributed by atoms with Gasteiger partial charge in [-0.1, -0.05) is 30.3 Å². The maximum Gasteiger partial charge on any atom is 0.263 e. The second kappa shape index (κ2) is 6.20. The molecule has 2 aromatic carbocycles. The topological polar surface area (TPSA) is 75.2 Å². The van der Waals surface area contributed by atoms with Gasteiger partial charge in [-0.2, -0.15) is 0 Å². The second-order valence-electron chi connectivity index (χ2n) is 7.29. The predicted molar refractivity (Wildman–Crippen MR) is 105 cm³/mol. The average molecular weight is 380 g/mol. The molecule has 1 saturated carbocycles. The molecule has 7 heteroatoms. The van der Waals surface area contributed by atoms with E-state index in [9.17, 15) is 8.42 Å². The lowest BCUT2D eigenvalue weighted by molar-refractivity contribution is 0.551. The van der Waals surface area contributed by atoms with E-state index in [1.807, 2.05) is 24.3 Å². The molecule has 1 saturated heterocycles. The number of fused-ring (bicyclic) bond motifs is 3. The molecule has 2 unspecified atom stereocenters. The Kier molecular flexibility index (Phi) is 3.79. The molecular formula is C20H20N4O2S. The highest BCUT2D eigenvalue weighted by atomic mass is 32.2. The van der Waals surface area contributed by atoms with E-state index < -0.39 is 10.0 Å². The van der Waals surface area contributed by atoms with Gasteiger partial charge in [-0.05, 0) is 49.4 Å². The highest BCUT2D eigenvalue weighted by Crippen LogP contribution is 2.42. The smallest absolute Gasteiger partial charge is 0.263 e. The third-order valence-corrected chi connectivity index (χ3v) is 6.87. The molecule has 2 aliphatic rings. The van der Waals surface area contributed by atoms with Crippen molar-refractivity contribution in [2.24, 2.45) is 5.92 Å². The minimum Gasteiger partial charge on any atom is -0.350 e. The minimum atomic E-state index is -3.73. The fourth-order valence-electron chi connectivity index (χ4n) is 4.23. The van der Waals surface area contributed by atoms with Crippen LogP contribution < -0.4 is 9.62 Å². The number of hydrogen-bond donors (Lipinski definition) is 1. The average Bonchev–Trinajstić information content (AvgIpc) is 3.31. The van der Waals surface area contributed by atoms with Gasteiger partial charge in [-0.15, -0.1) is 0 Å². The largest absolute Gasteiger partial charge is 0.350 e. The van der Waals surface area contributed by atoms with Gasteiger partial charge < -0.3 is 4.90 Å². The molecule has 2 fully saturated rings. The van der Waals surface area contributed by atoms with Gasteiger partial charge in [0.05, 0.1) is 15.9 Å². The molecule has 3 aromatic rings. The number of anilines is 2. The zero-order valence-corrected chi connectivity index (χ0v) is 15.6. The van der Waals surface area contributed by atoms with Crippen molar-refractivity contribution < 1.29 is 8.42 Å². The molecular weight excluding hydrogens is 360 g/mol. The molecule has 2 atom stereocenters. The van der Waals surface area contributed by atoms with E-state index in [1.165, 1.54) is 6.42 Å². The van der Waals surface area contributed by atoms with Crippen LogP contribution in [0.15, 0.2) is 59.5 Å². The maximum absolute atomic E-state index is 12.9. The van der Waals surface area contributed by atoms with Crippen LogP contribution in [0.5, 0.6) is 0 Å². The molecule has 138 valence electrons. The van der Waals surface area contributed by atoms with Gasteiger partial charge in [0.25, 0.3) is 10.0 Å². The summed E-state index contributed by atoms with van der Waals surface area (Å²) in [5, 5.41) is 0. The SMILES string of the molecule is O=S(=O)(Nc1nc2ccccc2nc1N1CC2CCC1C2)c1ccccc1. The van der Waals surface area contributed by atoms with E-state index in [1.54, 1.807) is 30.3 Å². The second-order valence-corrected chi connectivity index (χ2v) is 8.97. The van der Waals surface area contributed by atoms with Gasteiger partial charge in [0, 0.05) is 12.6 Å². The zero-order valence-electron chi connectivity index (χ0n) is 14.7. The molecule has 1 N–H and O–H groups in total. The predicted octanol–water partition coefficient (Wildman–Crippen LogP) is 3.42. The van der Waals surface area contributed by atoms with Gasteiger partial charge in [0.1, 0.15) is 0 Å². The first-order chi connectivity index (χ1) is 13.1. The Morgan fingerprint density at radius 1 is 0.926 bits per heavy atom. The monoisotopic (exact) mass is 380 g/mol. The molecule has 0 radical (unpaired) electrons. The maximum atomic E-state index is 12.9. The summed E-state index contributed by atoms with van der Waals surface area (Å²) in [5.74, 6) is 1.62. The van der Waals surface area contributed by atoms with Gasteiger partial charge >= 0.3 is 0 Å².